The minimum absolute atomic E-state index is 0.0196. The van der Waals surface area contributed by atoms with Crippen LogP contribution in [0.15, 0.2) is 12.2 Å². The molecular formula is C19H27FN4O7. The van der Waals surface area contributed by atoms with Crippen LogP contribution in [0, 0.1) is 11.3 Å². The molecule has 0 aromatic carbocycles. The van der Waals surface area contributed by atoms with Gasteiger partial charge in [-0.3, -0.25) is 9.59 Å². The van der Waals surface area contributed by atoms with Crippen LogP contribution in [0.2, 0.25) is 0 Å². The molecular weight excluding hydrogens is 415 g/mol. The number of likely N-dealkylation sites (tertiary alicyclic amines) is 2. The summed E-state index contributed by atoms with van der Waals surface area (Å²) in [4.78, 5) is 45.7. The standard InChI is InChI=1S/C15H23FN4O3.C4H4O4/c1-15(2-4-19(5-3-15)14(23)10-21)18-8-13(22)20-9-11(16)6-12(20)7-17;5-3(6)1-2-4(7)8/h11-12,18,21H,2-6,8-10H2,1H3;1-2H,(H,5,6)(H,7,8)/t11-,12-;/m0./s1. The van der Waals surface area contributed by atoms with E-state index in [1.165, 1.54) is 4.90 Å². The number of aliphatic hydroxyl groups excluding tert-OH is 1. The molecule has 0 unspecified atom stereocenters. The van der Waals surface area contributed by atoms with Crippen molar-refractivity contribution in [3.63, 3.8) is 0 Å². The third-order valence-electron chi connectivity index (χ3n) is 5.11. The summed E-state index contributed by atoms with van der Waals surface area (Å²) < 4.78 is 13.4. The Morgan fingerprint density at radius 3 is 2.16 bits per heavy atom. The van der Waals surface area contributed by atoms with Gasteiger partial charge in [0.25, 0.3) is 0 Å². The SMILES string of the molecule is CC1(NCC(=O)N2C[C@@H](F)C[C@H]2C#N)CCN(C(=O)CO)CC1.O=C(O)C=CC(=O)O. The number of nitrogens with zero attached hydrogens (tertiary/aromatic N) is 3. The van der Waals surface area contributed by atoms with E-state index >= 15 is 0 Å². The van der Waals surface area contributed by atoms with E-state index in [0.29, 0.717) is 38.1 Å². The van der Waals surface area contributed by atoms with E-state index < -0.39 is 30.8 Å². The average Bonchev–Trinajstić information content (AvgIpc) is 3.12. The molecule has 4 N–H and O–H groups in total. The van der Waals surface area contributed by atoms with Gasteiger partial charge >= 0.3 is 11.9 Å². The van der Waals surface area contributed by atoms with E-state index in [9.17, 15) is 23.6 Å². The molecule has 2 fully saturated rings. The van der Waals surface area contributed by atoms with Crippen LogP contribution in [0.4, 0.5) is 4.39 Å². The molecule has 0 aliphatic carbocycles. The molecule has 2 aliphatic rings. The Morgan fingerprint density at radius 1 is 1.16 bits per heavy atom. The van der Waals surface area contributed by atoms with Gasteiger partial charge in [-0.05, 0) is 19.8 Å². The molecule has 2 amide bonds. The summed E-state index contributed by atoms with van der Waals surface area (Å²) in [5.41, 5.74) is -0.293. The zero-order valence-corrected chi connectivity index (χ0v) is 17.2. The van der Waals surface area contributed by atoms with Gasteiger partial charge in [-0.15, -0.1) is 0 Å². The summed E-state index contributed by atoms with van der Waals surface area (Å²) in [7, 11) is 0. The van der Waals surface area contributed by atoms with Crippen LogP contribution in [0.3, 0.4) is 0 Å². The van der Waals surface area contributed by atoms with Gasteiger partial charge in [0.15, 0.2) is 0 Å². The molecule has 0 saturated carbocycles. The van der Waals surface area contributed by atoms with Crippen molar-refractivity contribution in [2.45, 2.75) is 43.9 Å². The second kappa shape index (κ2) is 12.0. The number of carbonyl (C=O) groups excluding carboxylic acids is 2. The zero-order valence-electron chi connectivity index (χ0n) is 17.2. The minimum Gasteiger partial charge on any atom is -0.478 e. The number of piperidine rings is 1. The number of hydrogen-bond acceptors (Lipinski definition) is 7. The first-order valence-corrected chi connectivity index (χ1v) is 9.62. The fourth-order valence-electron chi connectivity index (χ4n) is 3.24. The molecule has 2 atom stereocenters. The van der Waals surface area contributed by atoms with Crippen LogP contribution in [-0.4, -0.2) is 99.4 Å². The van der Waals surface area contributed by atoms with Crippen molar-refractivity contribution in [3.8, 4) is 6.07 Å². The van der Waals surface area contributed by atoms with Gasteiger partial charge in [0.2, 0.25) is 11.8 Å². The molecule has 2 saturated heterocycles. The van der Waals surface area contributed by atoms with E-state index in [1.54, 1.807) is 4.90 Å². The predicted octanol–water partition coefficient (Wildman–Crippen LogP) is -0.876. The fraction of sp³-hybridized carbons (Fsp3) is 0.632. The van der Waals surface area contributed by atoms with Gasteiger partial charge in [0.05, 0.1) is 19.2 Å². The number of halogens is 1. The maximum Gasteiger partial charge on any atom is 0.328 e. The molecule has 0 bridgehead atoms. The third-order valence-corrected chi connectivity index (χ3v) is 5.11. The summed E-state index contributed by atoms with van der Waals surface area (Å²) in [6, 6.07) is 1.28. The Labute approximate surface area is 178 Å². The quantitative estimate of drug-likeness (QED) is 0.381. The van der Waals surface area contributed by atoms with Crippen molar-refractivity contribution >= 4 is 23.8 Å². The highest BCUT2D eigenvalue weighted by Gasteiger charge is 2.37. The van der Waals surface area contributed by atoms with Crippen molar-refractivity contribution in [1.29, 1.82) is 5.26 Å². The second-order valence-electron chi connectivity index (χ2n) is 7.49. The predicted molar refractivity (Wildman–Crippen MR) is 104 cm³/mol. The number of hydrogen-bond donors (Lipinski definition) is 4. The average molecular weight is 442 g/mol. The van der Waals surface area contributed by atoms with Gasteiger partial charge in [0.1, 0.15) is 18.8 Å². The molecule has 11 nitrogen and oxygen atoms in total. The third kappa shape index (κ3) is 8.69. The van der Waals surface area contributed by atoms with Crippen molar-refractivity contribution in [1.82, 2.24) is 15.1 Å². The number of alkyl halides is 1. The van der Waals surface area contributed by atoms with Crippen molar-refractivity contribution < 1.29 is 38.9 Å². The van der Waals surface area contributed by atoms with Crippen molar-refractivity contribution in [2.24, 2.45) is 0 Å². The second-order valence-corrected chi connectivity index (χ2v) is 7.49. The Kier molecular flexibility index (Phi) is 10.0. The summed E-state index contributed by atoms with van der Waals surface area (Å²) in [5.74, 6) is -3.07. The van der Waals surface area contributed by atoms with Gasteiger partial charge < -0.3 is 30.4 Å². The van der Waals surface area contributed by atoms with E-state index in [-0.39, 0.29) is 36.9 Å². The molecule has 12 heteroatoms. The summed E-state index contributed by atoms with van der Waals surface area (Å²) >= 11 is 0. The molecule has 2 heterocycles. The number of carbonyl (C=O) groups is 4. The first-order valence-electron chi connectivity index (χ1n) is 9.62. The first-order chi connectivity index (χ1) is 14.5. The van der Waals surface area contributed by atoms with Crippen LogP contribution in [0.1, 0.15) is 26.2 Å². The normalized spacial score (nSPS) is 22.4. The molecule has 0 aromatic rings. The Morgan fingerprint density at radius 2 is 1.71 bits per heavy atom. The van der Waals surface area contributed by atoms with Crippen LogP contribution >= 0.6 is 0 Å². The summed E-state index contributed by atoms with van der Waals surface area (Å²) in [5, 5.41) is 36.7. The highest BCUT2D eigenvalue weighted by Crippen LogP contribution is 2.23. The smallest absolute Gasteiger partial charge is 0.328 e. The van der Waals surface area contributed by atoms with Gasteiger partial charge in [-0.2, -0.15) is 5.26 Å². The van der Waals surface area contributed by atoms with Gasteiger partial charge in [-0.1, -0.05) is 0 Å². The maximum absolute atomic E-state index is 13.4. The number of nitrogens with one attached hydrogen (secondary N) is 1. The van der Waals surface area contributed by atoms with Crippen LogP contribution < -0.4 is 5.32 Å². The number of aliphatic hydroxyl groups is 1. The van der Waals surface area contributed by atoms with E-state index in [0.717, 1.165) is 0 Å². The lowest BCUT2D eigenvalue weighted by atomic mass is 9.89. The largest absolute Gasteiger partial charge is 0.478 e. The lowest BCUT2D eigenvalue weighted by Crippen LogP contribution is -2.55. The highest BCUT2D eigenvalue weighted by molar-refractivity contribution is 5.89. The van der Waals surface area contributed by atoms with E-state index in [4.69, 9.17) is 20.6 Å². The number of rotatable bonds is 6. The van der Waals surface area contributed by atoms with Gasteiger partial charge in [0, 0.05) is 37.2 Å². The number of aliphatic carboxylic acids is 2. The van der Waals surface area contributed by atoms with Crippen LogP contribution in [0.5, 0.6) is 0 Å². The summed E-state index contributed by atoms with van der Waals surface area (Å²) in [6.45, 7) is 2.56. The molecule has 2 rings (SSSR count). The van der Waals surface area contributed by atoms with Crippen molar-refractivity contribution in [3.05, 3.63) is 12.2 Å². The van der Waals surface area contributed by atoms with E-state index in [2.05, 4.69) is 5.32 Å². The lowest BCUT2D eigenvalue weighted by molar-refractivity contribution is -0.136. The van der Waals surface area contributed by atoms with Crippen LogP contribution in [0.25, 0.3) is 0 Å². The molecule has 2 aliphatic heterocycles. The van der Waals surface area contributed by atoms with Crippen molar-refractivity contribution in [2.75, 3.05) is 32.8 Å². The maximum atomic E-state index is 13.4. The molecule has 0 radical (unpaired) electrons. The lowest BCUT2D eigenvalue weighted by Gasteiger charge is -2.40. The highest BCUT2D eigenvalue weighted by atomic mass is 19.1. The fourth-order valence-corrected chi connectivity index (χ4v) is 3.24. The van der Waals surface area contributed by atoms with E-state index in [1.807, 2.05) is 13.0 Å². The monoisotopic (exact) mass is 442 g/mol. The van der Waals surface area contributed by atoms with Crippen LogP contribution in [-0.2, 0) is 19.2 Å². The Hall–Kier alpha value is -3.04. The zero-order chi connectivity index (χ0) is 23.6. The number of amides is 2. The molecule has 0 aromatic heterocycles. The Bertz CT molecular complexity index is 728. The molecule has 31 heavy (non-hydrogen) atoms. The minimum atomic E-state index is -1.26. The number of carboxylic acids is 2. The number of nitriles is 1. The number of carboxylic acid groups (broad SMARTS) is 2. The molecule has 0 spiro atoms. The van der Waals surface area contributed by atoms with Gasteiger partial charge in [-0.25, -0.2) is 14.0 Å². The summed E-state index contributed by atoms with van der Waals surface area (Å²) in [6.07, 6.45) is 1.40. The first kappa shape index (κ1) is 26.0. The topological polar surface area (TPSA) is 171 Å². The Balaban J connectivity index is 0.000000512. The molecule has 172 valence electrons.